The summed E-state index contributed by atoms with van der Waals surface area (Å²) in [5, 5.41) is 11.8. The van der Waals surface area contributed by atoms with E-state index in [0.29, 0.717) is 6.04 Å². The van der Waals surface area contributed by atoms with Crippen molar-refractivity contribution in [2.75, 3.05) is 44.2 Å². The molecule has 1 N–H and O–H groups in total. The fourth-order valence-electron chi connectivity index (χ4n) is 3.91. The van der Waals surface area contributed by atoms with Crippen LogP contribution in [-0.4, -0.2) is 69.8 Å². The van der Waals surface area contributed by atoms with Gasteiger partial charge in [-0.1, -0.05) is 0 Å². The van der Waals surface area contributed by atoms with Gasteiger partial charge in [0.25, 0.3) is 0 Å². The number of nitrogens with one attached hydrogen (secondary N) is 1. The SMILES string of the molecule is CC1CN(CC2CCCNC2)CCN1c1nccn2cnnc12. The summed E-state index contributed by atoms with van der Waals surface area (Å²) in [6.45, 7) is 9.05. The number of piperazine rings is 1. The van der Waals surface area contributed by atoms with Crippen LogP contribution in [0.1, 0.15) is 19.8 Å². The highest BCUT2D eigenvalue weighted by Crippen LogP contribution is 2.22. The molecular formula is C16H25N7. The third-order valence-corrected chi connectivity index (χ3v) is 5.10. The molecule has 4 heterocycles. The maximum absolute atomic E-state index is 4.57. The Labute approximate surface area is 136 Å². The Kier molecular flexibility index (Phi) is 4.13. The second-order valence-corrected chi connectivity index (χ2v) is 6.83. The lowest BCUT2D eigenvalue weighted by molar-refractivity contribution is 0.180. The lowest BCUT2D eigenvalue weighted by Crippen LogP contribution is -2.54. The maximum Gasteiger partial charge on any atom is 0.203 e. The Hall–Kier alpha value is -1.73. The Morgan fingerprint density at radius 1 is 1.35 bits per heavy atom. The van der Waals surface area contributed by atoms with Crippen LogP contribution in [0.5, 0.6) is 0 Å². The van der Waals surface area contributed by atoms with Gasteiger partial charge in [0, 0.05) is 44.6 Å². The number of hydrogen-bond donors (Lipinski definition) is 1. The Morgan fingerprint density at radius 2 is 2.30 bits per heavy atom. The summed E-state index contributed by atoms with van der Waals surface area (Å²) >= 11 is 0. The average molecular weight is 315 g/mol. The largest absolute Gasteiger partial charge is 0.348 e. The Bertz CT molecular complexity index is 649. The molecule has 2 unspecified atom stereocenters. The van der Waals surface area contributed by atoms with Gasteiger partial charge in [0.15, 0.2) is 5.82 Å². The van der Waals surface area contributed by atoms with Crippen molar-refractivity contribution in [1.29, 1.82) is 0 Å². The standard InChI is InChI=1S/C16H25N7/c1-13-10-21(11-14-3-2-4-17-9-14)7-8-23(13)15-16-20-19-12-22(16)6-5-18-15/h5-6,12-14,17H,2-4,7-11H2,1H3. The van der Waals surface area contributed by atoms with Crippen molar-refractivity contribution < 1.29 is 0 Å². The molecule has 2 saturated heterocycles. The normalized spacial score (nSPS) is 26.7. The number of rotatable bonds is 3. The molecule has 0 saturated carbocycles. The van der Waals surface area contributed by atoms with Crippen molar-refractivity contribution in [3.8, 4) is 0 Å². The van der Waals surface area contributed by atoms with E-state index >= 15 is 0 Å². The quantitative estimate of drug-likeness (QED) is 0.897. The summed E-state index contributed by atoms with van der Waals surface area (Å²) in [6.07, 6.45) is 8.15. The van der Waals surface area contributed by atoms with Crippen LogP contribution >= 0.6 is 0 Å². The fraction of sp³-hybridized carbons (Fsp3) is 0.688. The average Bonchev–Trinajstić information content (AvgIpc) is 3.05. The predicted molar refractivity (Wildman–Crippen MR) is 89.6 cm³/mol. The summed E-state index contributed by atoms with van der Waals surface area (Å²) in [7, 11) is 0. The molecule has 2 fully saturated rings. The number of fused-ring (bicyclic) bond motifs is 1. The van der Waals surface area contributed by atoms with Crippen LogP contribution < -0.4 is 10.2 Å². The van der Waals surface area contributed by atoms with Gasteiger partial charge >= 0.3 is 0 Å². The second-order valence-electron chi connectivity index (χ2n) is 6.83. The van der Waals surface area contributed by atoms with Crippen LogP contribution in [0.3, 0.4) is 0 Å². The highest BCUT2D eigenvalue weighted by molar-refractivity contribution is 5.63. The van der Waals surface area contributed by atoms with E-state index in [-0.39, 0.29) is 0 Å². The van der Waals surface area contributed by atoms with Gasteiger partial charge in [-0.3, -0.25) is 9.30 Å². The molecule has 2 aromatic rings. The molecule has 2 aliphatic heterocycles. The first-order valence-electron chi connectivity index (χ1n) is 8.65. The second kappa shape index (κ2) is 6.41. The summed E-state index contributed by atoms with van der Waals surface area (Å²) < 4.78 is 1.94. The van der Waals surface area contributed by atoms with Gasteiger partial charge < -0.3 is 10.2 Å². The molecule has 23 heavy (non-hydrogen) atoms. The van der Waals surface area contributed by atoms with Crippen LogP contribution in [0.15, 0.2) is 18.7 Å². The van der Waals surface area contributed by atoms with Crippen molar-refractivity contribution in [2.24, 2.45) is 5.92 Å². The van der Waals surface area contributed by atoms with Crippen LogP contribution in [0.4, 0.5) is 5.82 Å². The highest BCUT2D eigenvalue weighted by Gasteiger charge is 2.28. The molecule has 2 aromatic heterocycles. The zero-order valence-corrected chi connectivity index (χ0v) is 13.7. The van der Waals surface area contributed by atoms with Gasteiger partial charge in [-0.15, -0.1) is 10.2 Å². The first-order valence-corrected chi connectivity index (χ1v) is 8.65. The van der Waals surface area contributed by atoms with Gasteiger partial charge in [-0.2, -0.15) is 0 Å². The van der Waals surface area contributed by atoms with Gasteiger partial charge in [-0.05, 0) is 38.8 Å². The molecule has 124 valence electrons. The molecule has 7 heteroatoms. The van der Waals surface area contributed by atoms with Crippen LogP contribution in [0.25, 0.3) is 5.65 Å². The maximum atomic E-state index is 4.57. The topological polar surface area (TPSA) is 61.6 Å². The first kappa shape index (κ1) is 14.8. The molecule has 2 atom stereocenters. The monoisotopic (exact) mass is 315 g/mol. The molecule has 0 radical (unpaired) electrons. The minimum absolute atomic E-state index is 0.440. The minimum atomic E-state index is 0.440. The number of nitrogens with zero attached hydrogens (tertiary/aromatic N) is 6. The molecule has 0 amide bonds. The number of hydrogen-bond acceptors (Lipinski definition) is 6. The Morgan fingerprint density at radius 3 is 3.13 bits per heavy atom. The van der Waals surface area contributed by atoms with E-state index in [4.69, 9.17) is 0 Å². The lowest BCUT2D eigenvalue weighted by atomic mass is 9.98. The summed E-state index contributed by atoms with van der Waals surface area (Å²) in [5.74, 6) is 1.76. The molecule has 0 aromatic carbocycles. The van der Waals surface area contributed by atoms with E-state index in [1.165, 1.54) is 32.5 Å². The van der Waals surface area contributed by atoms with E-state index < -0.39 is 0 Å². The third kappa shape index (κ3) is 3.03. The van der Waals surface area contributed by atoms with E-state index in [2.05, 4.69) is 37.2 Å². The van der Waals surface area contributed by atoms with Gasteiger partial charge in [-0.25, -0.2) is 4.98 Å². The van der Waals surface area contributed by atoms with Gasteiger partial charge in [0.05, 0.1) is 0 Å². The molecule has 2 aliphatic rings. The van der Waals surface area contributed by atoms with Gasteiger partial charge in [0.1, 0.15) is 6.33 Å². The summed E-state index contributed by atoms with van der Waals surface area (Å²) in [5.41, 5.74) is 0.851. The van der Waals surface area contributed by atoms with Crippen LogP contribution in [-0.2, 0) is 0 Å². The molecule has 0 aliphatic carbocycles. The Balaban J connectivity index is 1.44. The molecule has 0 spiro atoms. The van der Waals surface area contributed by atoms with E-state index in [0.717, 1.165) is 37.0 Å². The zero-order chi connectivity index (χ0) is 15.6. The number of aromatic nitrogens is 4. The highest BCUT2D eigenvalue weighted by atomic mass is 15.3. The van der Waals surface area contributed by atoms with Crippen molar-refractivity contribution in [1.82, 2.24) is 29.8 Å². The summed E-state index contributed by atoms with van der Waals surface area (Å²) in [6, 6.07) is 0.440. The number of anilines is 1. The van der Waals surface area contributed by atoms with Crippen molar-refractivity contribution in [3.63, 3.8) is 0 Å². The minimum Gasteiger partial charge on any atom is -0.348 e. The van der Waals surface area contributed by atoms with E-state index in [9.17, 15) is 0 Å². The van der Waals surface area contributed by atoms with Crippen molar-refractivity contribution in [3.05, 3.63) is 18.7 Å². The zero-order valence-electron chi connectivity index (χ0n) is 13.7. The molecule has 7 nitrogen and oxygen atoms in total. The van der Waals surface area contributed by atoms with E-state index in [1.807, 2.05) is 16.8 Å². The third-order valence-electron chi connectivity index (χ3n) is 5.10. The number of piperidine rings is 1. The first-order chi connectivity index (χ1) is 11.3. The van der Waals surface area contributed by atoms with Crippen molar-refractivity contribution >= 4 is 11.5 Å². The lowest BCUT2D eigenvalue weighted by Gasteiger charge is -2.42. The van der Waals surface area contributed by atoms with Crippen molar-refractivity contribution in [2.45, 2.75) is 25.8 Å². The smallest absolute Gasteiger partial charge is 0.203 e. The predicted octanol–water partition coefficient (Wildman–Crippen LogP) is 0.634. The fourth-order valence-corrected chi connectivity index (χ4v) is 3.91. The van der Waals surface area contributed by atoms with Crippen LogP contribution in [0, 0.1) is 5.92 Å². The summed E-state index contributed by atoms with van der Waals surface area (Å²) in [4.78, 5) is 9.56. The molecule has 4 rings (SSSR count). The molecule has 0 bridgehead atoms. The van der Waals surface area contributed by atoms with Gasteiger partial charge in [0.2, 0.25) is 5.65 Å². The van der Waals surface area contributed by atoms with Crippen LogP contribution in [0.2, 0.25) is 0 Å². The molecular weight excluding hydrogens is 290 g/mol. The van der Waals surface area contributed by atoms with E-state index in [1.54, 1.807) is 6.33 Å².